The molecule has 3 atom stereocenters. The molecule has 0 aliphatic carbocycles. The lowest BCUT2D eigenvalue weighted by molar-refractivity contribution is -0.175. The number of carbonyl (C=O) groups excluding carboxylic acids is 1. The number of halogens is 3. The Kier molecular flexibility index (Phi) is 5.67. The van der Waals surface area contributed by atoms with Gasteiger partial charge in [0.2, 0.25) is 5.91 Å². The first kappa shape index (κ1) is 21.0. The zero-order valence-corrected chi connectivity index (χ0v) is 16.8. The van der Waals surface area contributed by atoms with Crippen LogP contribution < -0.4 is 5.32 Å². The summed E-state index contributed by atoms with van der Waals surface area (Å²) in [5, 5.41) is 7.60. The number of nitrogens with zero attached hydrogens (tertiary/aromatic N) is 3. The van der Waals surface area contributed by atoms with E-state index < -0.39 is 12.2 Å². The molecule has 2 aliphatic heterocycles. The van der Waals surface area contributed by atoms with Crippen LogP contribution in [0.4, 0.5) is 19.0 Å². The summed E-state index contributed by atoms with van der Waals surface area (Å²) in [6.45, 7) is 6.92. The highest BCUT2D eigenvalue weighted by atomic mass is 19.4. The third-order valence-corrected chi connectivity index (χ3v) is 5.71. The lowest BCUT2D eigenvalue weighted by Crippen LogP contribution is -2.44. The molecule has 3 heterocycles. The maximum Gasteiger partial charge on any atom is 0.410 e. The van der Waals surface area contributed by atoms with Gasteiger partial charge in [0.15, 0.2) is 6.04 Å². The molecule has 6 nitrogen and oxygen atoms in total. The molecule has 28 heavy (non-hydrogen) atoms. The maximum atomic E-state index is 13.7. The van der Waals surface area contributed by atoms with E-state index in [0.29, 0.717) is 24.6 Å². The minimum Gasteiger partial charge on any atom is -0.375 e. The summed E-state index contributed by atoms with van der Waals surface area (Å²) in [4.78, 5) is 13.8. The monoisotopic (exact) mass is 402 g/mol. The average Bonchev–Trinajstić information content (AvgIpc) is 3.03. The number of fused-ring (bicyclic) bond motifs is 1. The van der Waals surface area contributed by atoms with Crippen molar-refractivity contribution < 1.29 is 22.7 Å². The zero-order chi connectivity index (χ0) is 20.7. The van der Waals surface area contributed by atoms with Gasteiger partial charge in [-0.15, -0.1) is 0 Å². The smallest absolute Gasteiger partial charge is 0.375 e. The van der Waals surface area contributed by atoms with E-state index in [1.54, 1.807) is 11.0 Å². The third-order valence-electron chi connectivity index (χ3n) is 5.71. The van der Waals surface area contributed by atoms with E-state index in [0.717, 1.165) is 17.5 Å². The van der Waals surface area contributed by atoms with E-state index >= 15 is 0 Å². The number of nitrogens with one attached hydrogen (secondary N) is 1. The summed E-state index contributed by atoms with van der Waals surface area (Å²) in [6.07, 6.45) is -2.82. The number of ether oxygens (including phenoxy) is 1. The molecule has 158 valence electrons. The molecular formula is C19H29F3N4O2. The normalized spacial score (nSPS) is 26.0. The highest BCUT2D eigenvalue weighted by Gasteiger charge is 2.48. The van der Waals surface area contributed by atoms with Crippen molar-refractivity contribution in [3.63, 3.8) is 0 Å². The lowest BCUT2D eigenvalue weighted by Gasteiger charge is -2.39. The third kappa shape index (κ3) is 4.29. The quantitative estimate of drug-likeness (QED) is 0.840. The van der Waals surface area contributed by atoms with Crippen LogP contribution >= 0.6 is 0 Å². The number of amides is 1. The first-order valence-electron chi connectivity index (χ1n) is 9.70. The van der Waals surface area contributed by atoms with Gasteiger partial charge in [-0.3, -0.25) is 4.79 Å². The van der Waals surface area contributed by atoms with Gasteiger partial charge in [0.05, 0.1) is 5.69 Å². The van der Waals surface area contributed by atoms with Gasteiger partial charge in [0, 0.05) is 38.2 Å². The topological polar surface area (TPSA) is 59.4 Å². The minimum atomic E-state index is -4.36. The Morgan fingerprint density at radius 1 is 1.36 bits per heavy atom. The molecule has 0 spiro atoms. The van der Waals surface area contributed by atoms with Crippen LogP contribution in [0.25, 0.3) is 0 Å². The summed E-state index contributed by atoms with van der Waals surface area (Å²) in [5.74, 6) is 0.232. The van der Waals surface area contributed by atoms with E-state index in [2.05, 4.69) is 10.4 Å². The molecule has 1 aromatic rings. The van der Waals surface area contributed by atoms with Crippen LogP contribution in [0.15, 0.2) is 6.07 Å². The first-order chi connectivity index (χ1) is 13.0. The van der Waals surface area contributed by atoms with Gasteiger partial charge >= 0.3 is 6.18 Å². The summed E-state index contributed by atoms with van der Waals surface area (Å²) in [6, 6.07) is -0.218. The van der Waals surface area contributed by atoms with Crippen molar-refractivity contribution in [2.75, 3.05) is 32.1 Å². The molecule has 2 aliphatic rings. The summed E-state index contributed by atoms with van der Waals surface area (Å²) in [5.41, 5.74) is 0.300. The second-order valence-electron chi connectivity index (χ2n) is 8.87. The fourth-order valence-electron chi connectivity index (χ4n) is 4.02. The van der Waals surface area contributed by atoms with Gasteiger partial charge < -0.3 is 15.0 Å². The minimum absolute atomic E-state index is 0.0113. The Morgan fingerprint density at radius 2 is 2.07 bits per heavy atom. The number of aromatic nitrogens is 2. The molecule has 0 radical (unpaired) electrons. The molecule has 3 rings (SSSR count). The second-order valence-corrected chi connectivity index (χ2v) is 8.87. The Balaban J connectivity index is 1.86. The molecule has 1 fully saturated rings. The van der Waals surface area contributed by atoms with E-state index in [4.69, 9.17) is 4.74 Å². The Labute approximate surface area is 163 Å². The SMILES string of the molecule is COCC(=O)N1CCC[C@H](c2cc3n(n2)[C@@H](C(F)(F)F)C[C@@H](C(C)(C)C)N3)C1. The van der Waals surface area contributed by atoms with Gasteiger partial charge in [0.1, 0.15) is 12.4 Å². The van der Waals surface area contributed by atoms with Crippen LogP contribution in [0.3, 0.4) is 0 Å². The fourth-order valence-corrected chi connectivity index (χ4v) is 4.02. The van der Waals surface area contributed by atoms with Crippen molar-refractivity contribution in [2.45, 2.75) is 64.2 Å². The van der Waals surface area contributed by atoms with Crippen molar-refractivity contribution in [3.05, 3.63) is 11.8 Å². The van der Waals surface area contributed by atoms with Crippen molar-refractivity contribution in [1.29, 1.82) is 0 Å². The van der Waals surface area contributed by atoms with Crippen LogP contribution in [-0.4, -0.2) is 59.6 Å². The van der Waals surface area contributed by atoms with E-state index in [-0.39, 0.29) is 36.3 Å². The molecule has 0 aromatic carbocycles. The van der Waals surface area contributed by atoms with E-state index in [1.807, 2.05) is 20.8 Å². The molecule has 1 saturated heterocycles. The summed E-state index contributed by atoms with van der Waals surface area (Å²) < 4.78 is 47.2. The van der Waals surface area contributed by atoms with Crippen molar-refractivity contribution >= 4 is 11.7 Å². The summed E-state index contributed by atoms with van der Waals surface area (Å²) >= 11 is 0. The Morgan fingerprint density at radius 3 is 2.68 bits per heavy atom. The highest BCUT2D eigenvalue weighted by molar-refractivity contribution is 5.77. The molecule has 0 unspecified atom stereocenters. The molecule has 1 amide bonds. The van der Waals surface area contributed by atoms with Gasteiger partial charge in [-0.2, -0.15) is 18.3 Å². The summed E-state index contributed by atoms with van der Waals surface area (Å²) in [7, 11) is 1.47. The number of piperidine rings is 1. The number of alkyl halides is 3. The van der Waals surface area contributed by atoms with Gasteiger partial charge in [-0.05, 0) is 24.7 Å². The molecule has 1 N–H and O–H groups in total. The van der Waals surface area contributed by atoms with Crippen molar-refractivity contribution in [3.8, 4) is 0 Å². The molecular weight excluding hydrogens is 373 g/mol. The Hall–Kier alpha value is -1.77. The number of methoxy groups -OCH3 is 1. The zero-order valence-electron chi connectivity index (χ0n) is 16.8. The lowest BCUT2D eigenvalue weighted by atomic mass is 9.82. The van der Waals surface area contributed by atoms with E-state index in [1.165, 1.54) is 7.11 Å². The van der Waals surface area contributed by atoms with Crippen molar-refractivity contribution in [1.82, 2.24) is 14.7 Å². The van der Waals surface area contributed by atoms with Gasteiger partial charge in [0.25, 0.3) is 0 Å². The number of likely N-dealkylation sites (tertiary alicyclic amines) is 1. The molecule has 0 bridgehead atoms. The number of hydrogen-bond acceptors (Lipinski definition) is 4. The molecule has 0 saturated carbocycles. The number of carbonyl (C=O) groups is 1. The van der Waals surface area contributed by atoms with E-state index in [9.17, 15) is 18.0 Å². The van der Waals surface area contributed by atoms with Crippen molar-refractivity contribution in [2.24, 2.45) is 5.41 Å². The maximum absolute atomic E-state index is 13.7. The largest absolute Gasteiger partial charge is 0.410 e. The fraction of sp³-hybridized carbons (Fsp3) is 0.789. The van der Waals surface area contributed by atoms with Crippen LogP contribution in [0.2, 0.25) is 0 Å². The van der Waals surface area contributed by atoms with Crippen LogP contribution in [0.5, 0.6) is 0 Å². The number of rotatable bonds is 3. The second kappa shape index (κ2) is 7.57. The van der Waals surface area contributed by atoms with Crippen LogP contribution in [0, 0.1) is 5.41 Å². The predicted molar refractivity (Wildman–Crippen MR) is 99.2 cm³/mol. The standard InChI is InChI=1S/C19H29F3N4O2/c1-18(2,3)14-9-15(19(20,21)22)26-16(23-14)8-13(24-26)12-6-5-7-25(10-12)17(27)11-28-4/h8,12,14-15,23H,5-7,9-11H2,1-4H3/t12-,14-,15+/m0/s1. The predicted octanol–water partition coefficient (Wildman–Crippen LogP) is 3.57. The molecule has 1 aromatic heterocycles. The van der Waals surface area contributed by atoms with Crippen LogP contribution in [-0.2, 0) is 9.53 Å². The highest BCUT2D eigenvalue weighted by Crippen LogP contribution is 2.44. The van der Waals surface area contributed by atoms with Gasteiger partial charge in [-0.25, -0.2) is 4.68 Å². The van der Waals surface area contributed by atoms with Crippen LogP contribution in [0.1, 0.15) is 57.7 Å². The number of anilines is 1. The van der Waals surface area contributed by atoms with Gasteiger partial charge in [-0.1, -0.05) is 20.8 Å². The Bertz CT molecular complexity index is 711. The first-order valence-corrected chi connectivity index (χ1v) is 9.70. The number of hydrogen-bond donors (Lipinski definition) is 1. The molecule has 9 heteroatoms. The average molecular weight is 402 g/mol.